The lowest BCUT2D eigenvalue weighted by Crippen LogP contribution is -2.56. The molecule has 2 saturated heterocycles. The molecule has 0 bridgehead atoms. The molecule has 5 heteroatoms. The van der Waals surface area contributed by atoms with Gasteiger partial charge in [0.15, 0.2) is 0 Å². The fourth-order valence-electron chi connectivity index (χ4n) is 2.37. The quantitative estimate of drug-likeness (QED) is 0.649. The van der Waals surface area contributed by atoms with Crippen LogP contribution in [-0.4, -0.2) is 49.3 Å². The third-order valence-corrected chi connectivity index (χ3v) is 3.11. The van der Waals surface area contributed by atoms with E-state index in [1.807, 2.05) is 0 Å². The van der Waals surface area contributed by atoms with Crippen LogP contribution < -0.4 is 11.1 Å². The van der Waals surface area contributed by atoms with Crippen molar-refractivity contribution in [3.05, 3.63) is 0 Å². The Balaban J connectivity index is 2.00. The van der Waals surface area contributed by atoms with Crippen LogP contribution in [0.2, 0.25) is 0 Å². The zero-order chi connectivity index (χ0) is 10.7. The molecule has 0 saturated carbocycles. The predicted octanol–water partition coefficient (Wildman–Crippen LogP) is -0.728. The van der Waals surface area contributed by atoms with Crippen molar-refractivity contribution in [3.8, 4) is 0 Å². The zero-order valence-corrected chi connectivity index (χ0v) is 8.95. The van der Waals surface area contributed by atoms with E-state index in [4.69, 9.17) is 10.5 Å². The number of carbonyl (C=O) groups is 1. The molecule has 2 atom stereocenters. The number of primary amides is 1. The van der Waals surface area contributed by atoms with Crippen molar-refractivity contribution in [3.63, 3.8) is 0 Å². The average molecular weight is 213 g/mol. The molecule has 0 spiro atoms. The number of carbonyl (C=O) groups excluding carboxylic acids is 1. The SMILES string of the molecule is NC(=O)C(C1NCCO1)N1CCCCC1. The number of likely N-dealkylation sites (tertiary alicyclic amines) is 1. The fraction of sp³-hybridized carbons (Fsp3) is 0.900. The van der Waals surface area contributed by atoms with Crippen molar-refractivity contribution in [2.75, 3.05) is 26.2 Å². The van der Waals surface area contributed by atoms with Crippen LogP contribution in [0.4, 0.5) is 0 Å². The monoisotopic (exact) mass is 213 g/mol. The third-order valence-electron chi connectivity index (χ3n) is 3.11. The largest absolute Gasteiger partial charge is 0.368 e. The first-order valence-corrected chi connectivity index (χ1v) is 5.67. The summed E-state index contributed by atoms with van der Waals surface area (Å²) < 4.78 is 5.48. The van der Waals surface area contributed by atoms with Crippen LogP contribution in [0.15, 0.2) is 0 Å². The summed E-state index contributed by atoms with van der Waals surface area (Å²) in [5.41, 5.74) is 5.45. The number of nitrogens with zero attached hydrogens (tertiary/aromatic N) is 1. The lowest BCUT2D eigenvalue weighted by atomic mass is 10.1. The van der Waals surface area contributed by atoms with E-state index in [0.717, 1.165) is 32.5 Å². The van der Waals surface area contributed by atoms with Crippen LogP contribution >= 0.6 is 0 Å². The Morgan fingerprint density at radius 3 is 2.67 bits per heavy atom. The van der Waals surface area contributed by atoms with Gasteiger partial charge in [-0.2, -0.15) is 0 Å². The number of amides is 1. The summed E-state index contributed by atoms with van der Waals surface area (Å²) in [7, 11) is 0. The molecule has 86 valence electrons. The highest BCUT2D eigenvalue weighted by Gasteiger charge is 2.35. The Morgan fingerprint density at radius 2 is 2.13 bits per heavy atom. The number of rotatable bonds is 3. The summed E-state index contributed by atoms with van der Waals surface area (Å²) in [6.07, 6.45) is 3.34. The molecular weight excluding hydrogens is 194 g/mol. The molecule has 2 aliphatic rings. The van der Waals surface area contributed by atoms with Crippen molar-refractivity contribution in [1.29, 1.82) is 0 Å². The molecule has 2 fully saturated rings. The number of nitrogens with two attached hydrogens (primary N) is 1. The summed E-state index contributed by atoms with van der Waals surface area (Å²) >= 11 is 0. The van der Waals surface area contributed by atoms with Crippen molar-refractivity contribution < 1.29 is 9.53 Å². The maximum Gasteiger partial charge on any atom is 0.238 e. The van der Waals surface area contributed by atoms with E-state index in [9.17, 15) is 4.79 Å². The zero-order valence-electron chi connectivity index (χ0n) is 8.95. The van der Waals surface area contributed by atoms with Crippen molar-refractivity contribution >= 4 is 5.91 Å². The van der Waals surface area contributed by atoms with Gasteiger partial charge < -0.3 is 10.5 Å². The highest BCUT2D eigenvalue weighted by molar-refractivity contribution is 5.80. The Morgan fingerprint density at radius 1 is 1.40 bits per heavy atom. The van der Waals surface area contributed by atoms with E-state index in [1.165, 1.54) is 6.42 Å². The maximum atomic E-state index is 11.4. The molecule has 2 rings (SSSR count). The maximum absolute atomic E-state index is 11.4. The summed E-state index contributed by atoms with van der Waals surface area (Å²) in [6, 6.07) is -0.298. The Hall–Kier alpha value is -0.650. The Labute approximate surface area is 89.9 Å². The average Bonchev–Trinajstić information content (AvgIpc) is 2.72. The first-order valence-electron chi connectivity index (χ1n) is 5.67. The highest BCUT2D eigenvalue weighted by Crippen LogP contribution is 2.16. The number of piperidine rings is 1. The topological polar surface area (TPSA) is 67.6 Å². The predicted molar refractivity (Wildman–Crippen MR) is 56.1 cm³/mol. The smallest absolute Gasteiger partial charge is 0.238 e. The Bertz CT molecular complexity index is 223. The van der Waals surface area contributed by atoms with Crippen molar-refractivity contribution in [2.24, 2.45) is 5.73 Å². The van der Waals surface area contributed by atoms with Crippen molar-refractivity contribution in [1.82, 2.24) is 10.2 Å². The van der Waals surface area contributed by atoms with Gasteiger partial charge in [-0.15, -0.1) is 0 Å². The molecule has 2 aliphatic heterocycles. The van der Waals surface area contributed by atoms with Crippen LogP contribution in [0, 0.1) is 0 Å². The molecule has 2 heterocycles. The van der Waals surface area contributed by atoms with Gasteiger partial charge in [0.25, 0.3) is 0 Å². The molecule has 1 amide bonds. The highest BCUT2D eigenvalue weighted by atomic mass is 16.5. The minimum Gasteiger partial charge on any atom is -0.368 e. The standard InChI is InChI=1S/C10H19N3O2/c11-9(14)8(10-12-4-7-15-10)13-5-2-1-3-6-13/h8,10,12H,1-7H2,(H2,11,14). The van der Waals surface area contributed by atoms with Gasteiger partial charge in [0.2, 0.25) is 5.91 Å². The first-order chi connectivity index (χ1) is 7.29. The van der Waals surface area contributed by atoms with E-state index in [-0.39, 0.29) is 18.2 Å². The van der Waals surface area contributed by atoms with Crippen LogP contribution in [-0.2, 0) is 9.53 Å². The molecular formula is C10H19N3O2. The van der Waals surface area contributed by atoms with E-state index in [2.05, 4.69) is 10.2 Å². The van der Waals surface area contributed by atoms with Crippen LogP contribution in [0.5, 0.6) is 0 Å². The second-order valence-corrected chi connectivity index (χ2v) is 4.19. The summed E-state index contributed by atoms with van der Waals surface area (Å²) in [5, 5.41) is 3.17. The van der Waals surface area contributed by atoms with Gasteiger partial charge in [-0.25, -0.2) is 0 Å². The third kappa shape index (κ3) is 2.48. The molecule has 0 aliphatic carbocycles. The van der Waals surface area contributed by atoms with Gasteiger partial charge in [-0.05, 0) is 25.9 Å². The van der Waals surface area contributed by atoms with E-state index < -0.39 is 0 Å². The molecule has 2 unspecified atom stereocenters. The van der Waals surface area contributed by atoms with Crippen molar-refractivity contribution in [2.45, 2.75) is 31.5 Å². The van der Waals surface area contributed by atoms with E-state index in [1.54, 1.807) is 0 Å². The first kappa shape index (κ1) is 10.9. The second kappa shape index (κ2) is 4.92. The van der Waals surface area contributed by atoms with Crippen LogP contribution in [0.25, 0.3) is 0 Å². The number of ether oxygens (including phenoxy) is 1. The van der Waals surface area contributed by atoms with Gasteiger partial charge in [0.1, 0.15) is 12.3 Å². The van der Waals surface area contributed by atoms with Crippen LogP contribution in [0.3, 0.4) is 0 Å². The van der Waals surface area contributed by atoms with E-state index >= 15 is 0 Å². The normalized spacial score (nSPS) is 30.3. The summed E-state index contributed by atoms with van der Waals surface area (Å²) in [4.78, 5) is 13.6. The molecule has 0 aromatic rings. The van der Waals surface area contributed by atoms with Gasteiger partial charge in [0.05, 0.1) is 6.61 Å². The number of nitrogens with one attached hydrogen (secondary N) is 1. The number of hydrogen-bond donors (Lipinski definition) is 2. The van der Waals surface area contributed by atoms with E-state index in [0.29, 0.717) is 6.61 Å². The molecule has 0 aromatic heterocycles. The second-order valence-electron chi connectivity index (χ2n) is 4.19. The molecule has 15 heavy (non-hydrogen) atoms. The fourth-order valence-corrected chi connectivity index (χ4v) is 2.37. The van der Waals surface area contributed by atoms with Gasteiger partial charge in [-0.3, -0.25) is 15.0 Å². The summed E-state index contributed by atoms with van der Waals surface area (Å²) in [6.45, 7) is 3.38. The molecule has 3 N–H and O–H groups in total. The number of hydrogen-bond acceptors (Lipinski definition) is 4. The lowest BCUT2D eigenvalue weighted by molar-refractivity contribution is -0.129. The summed E-state index contributed by atoms with van der Waals surface area (Å²) in [5.74, 6) is -0.281. The van der Waals surface area contributed by atoms with Gasteiger partial charge >= 0.3 is 0 Å². The Kier molecular flexibility index (Phi) is 3.56. The minimum atomic E-state index is -0.298. The molecule has 5 nitrogen and oxygen atoms in total. The molecule has 0 aromatic carbocycles. The molecule has 0 radical (unpaired) electrons. The van der Waals surface area contributed by atoms with Gasteiger partial charge in [-0.1, -0.05) is 6.42 Å². The minimum absolute atomic E-state index is 0.208. The van der Waals surface area contributed by atoms with Crippen LogP contribution in [0.1, 0.15) is 19.3 Å². The lowest BCUT2D eigenvalue weighted by Gasteiger charge is -2.35. The van der Waals surface area contributed by atoms with Gasteiger partial charge in [0, 0.05) is 6.54 Å².